The van der Waals surface area contributed by atoms with Crippen LogP contribution in [-0.4, -0.2) is 52.6 Å². The van der Waals surface area contributed by atoms with Gasteiger partial charge in [-0.25, -0.2) is 4.79 Å². The Labute approximate surface area is 295 Å². The van der Waals surface area contributed by atoms with Crippen LogP contribution in [0.3, 0.4) is 0 Å². The number of hydrogen-bond acceptors (Lipinski definition) is 4. The summed E-state index contributed by atoms with van der Waals surface area (Å²) in [7, 11) is 0. The Balaban J connectivity index is 0.000000630. The topological polar surface area (TPSA) is 98.7 Å². The maximum absolute atomic E-state index is 13.4. The van der Waals surface area contributed by atoms with E-state index in [1.807, 2.05) is 17.0 Å². The van der Waals surface area contributed by atoms with Gasteiger partial charge in [-0.2, -0.15) is 13.2 Å². The summed E-state index contributed by atoms with van der Waals surface area (Å²) >= 11 is 6.15. The molecule has 2 aliphatic heterocycles. The molecule has 2 heterocycles. The minimum atomic E-state index is -5.08. The number of halogens is 4. The third-order valence-electron chi connectivity index (χ3n) is 9.73. The Morgan fingerprint density at radius 3 is 2.30 bits per heavy atom. The molecular weight excluding hydrogens is 667 g/mol. The van der Waals surface area contributed by atoms with E-state index in [2.05, 4.69) is 77.4 Å². The van der Waals surface area contributed by atoms with Gasteiger partial charge in [0, 0.05) is 37.1 Å². The second kappa shape index (κ2) is 17.2. The van der Waals surface area contributed by atoms with E-state index >= 15 is 0 Å². The van der Waals surface area contributed by atoms with Gasteiger partial charge < -0.3 is 20.6 Å². The summed E-state index contributed by atoms with van der Waals surface area (Å²) in [6.07, 6.45) is 5.64. The SMILES string of the molecule is O=C(N[C@@H](CC=C1CCC(c2ccccc2CN2CCCC2=O)CC1)Cc1ccc(Cl)cc1)[C@H]1Cc2ccccc2CN1.O=C(O)C(F)(F)F. The zero-order chi connectivity index (χ0) is 35.7. The summed E-state index contributed by atoms with van der Waals surface area (Å²) < 4.78 is 31.7. The molecule has 3 aromatic rings. The quantitative estimate of drug-likeness (QED) is 0.200. The maximum Gasteiger partial charge on any atom is 0.490 e. The highest BCUT2D eigenvalue weighted by molar-refractivity contribution is 6.30. The number of nitrogens with zero attached hydrogens (tertiary/aromatic N) is 1. The molecule has 50 heavy (non-hydrogen) atoms. The van der Waals surface area contributed by atoms with Gasteiger partial charge in [0.2, 0.25) is 11.8 Å². The average Bonchev–Trinajstić information content (AvgIpc) is 3.52. The average molecular weight is 710 g/mol. The number of carbonyl (C=O) groups excluding carboxylic acids is 2. The number of alkyl halides is 3. The number of allylic oxidation sites excluding steroid dienone is 1. The molecule has 0 spiro atoms. The lowest BCUT2D eigenvalue weighted by atomic mass is 9.79. The van der Waals surface area contributed by atoms with Crippen molar-refractivity contribution in [3.63, 3.8) is 0 Å². The number of rotatable bonds is 9. The number of benzene rings is 3. The summed E-state index contributed by atoms with van der Waals surface area (Å²) in [6, 6.07) is 24.8. The molecule has 266 valence electrons. The predicted molar refractivity (Wildman–Crippen MR) is 187 cm³/mol. The van der Waals surface area contributed by atoms with E-state index in [1.54, 1.807) is 0 Å². The van der Waals surface area contributed by atoms with Gasteiger partial charge in [-0.3, -0.25) is 9.59 Å². The van der Waals surface area contributed by atoms with Gasteiger partial charge in [0.15, 0.2) is 0 Å². The molecule has 0 unspecified atom stereocenters. The van der Waals surface area contributed by atoms with E-state index in [0.29, 0.717) is 18.8 Å². The van der Waals surface area contributed by atoms with Crippen LogP contribution < -0.4 is 10.6 Å². The number of likely N-dealkylation sites (tertiary alicyclic amines) is 1. The van der Waals surface area contributed by atoms with Crippen molar-refractivity contribution in [1.29, 1.82) is 0 Å². The first-order chi connectivity index (χ1) is 24.0. The van der Waals surface area contributed by atoms with Crippen molar-refractivity contribution < 1.29 is 32.7 Å². The number of hydrogen-bond donors (Lipinski definition) is 3. The molecule has 0 radical (unpaired) electrons. The molecule has 3 N–H and O–H groups in total. The van der Waals surface area contributed by atoms with Gasteiger partial charge in [0.1, 0.15) is 0 Å². The summed E-state index contributed by atoms with van der Waals surface area (Å²) in [5.41, 5.74) is 7.91. The lowest BCUT2D eigenvalue weighted by Crippen LogP contribution is -2.50. The number of amides is 2. The van der Waals surface area contributed by atoms with E-state index < -0.39 is 12.1 Å². The highest BCUT2D eigenvalue weighted by atomic mass is 35.5. The standard InChI is InChI=1S/C37H42ClN3O2.C2HF3O2/c38-32-18-13-27(14-19-32)22-33(40-37(43)35-23-29-6-1-2-7-30(29)24-39-35)20-15-26-11-16-28(17-12-26)34-9-4-3-8-31(34)25-41-21-5-10-36(41)42;3-2(4,5)1(6)7/h1-4,6-9,13-15,18-19,28,33,35,39H,5,10-12,16-17,20-25H2,(H,40,43);(H,6,7)/t28?,33-,35+;/m0./s1. The number of nitrogens with one attached hydrogen (secondary N) is 2. The van der Waals surface area contributed by atoms with Crippen LogP contribution in [0.25, 0.3) is 0 Å². The highest BCUT2D eigenvalue weighted by Crippen LogP contribution is 2.37. The largest absolute Gasteiger partial charge is 0.490 e. The first kappa shape index (κ1) is 37.1. The Morgan fingerprint density at radius 1 is 0.980 bits per heavy atom. The Morgan fingerprint density at radius 2 is 1.64 bits per heavy atom. The highest BCUT2D eigenvalue weighted by Gasteiger charge is 2.38. The molecule has 2 fully saturated rings. The van der Waals surface area contributed by atoms with Crippen LogP contribution in [0.1, 0.15) is 78.7 Å². The minimum absolute atomic E-state index is 0.0107. The van der Waals surface area contributed by atoms with E-state index in [9.17, 15) is 22.8 Å². The van der Waals surface area contributed by atoms with Crippen LogP contribution in [0, 0.1) is 0 Å². The number of carboxylic acids is 1. The van der Waals surface area contributed by atoms with E-state index in [1.165, 1.54) is 33.4 Å². The van der Waals surface area contributed by atoms with E-state index in [-0.39, 0.29) is 23.9 Å². The third-order valence-corrected chi connectivity index (χ3v) is 9.98. The fraction of sp³-hybridized carbons (Fsp3) is 0.410. The Hall–Kier alpha value is -4.15. The maximum atomic E-state index is 13.4. The number of carbonyl (C=O) groups is 3. The second-order valence-corrected chi connectivity index (χ2v) is 13.7. The fourth-order valence-electron chi connectivity index (χ4n) is 7.01. The van der Waals surface area contributed by atoms with Crippen LogP contribution in [0.5, 0.6) is 0 Å². The van der Waals surface area contributed by atoms with Crippen LogP contribution >= 0.6 is 11.6 Å². The second-order valence-electron chi connectivity index (χ2n) is 13.2. The van der Waals surface area contributed by atoms with Crippen LogP contribution in [-0.2, 0) is 40.3 Å². The van der Waals surface area contributed by atoms with Gasteiger partial charge in [-0.05, 0) is 97.2 Å². The summed E-state index contributed by atoms with van der Waals surface area (Å²) in [5.74, 6) is -1.87. The normalized spacial score (nSPS) is 19.6. The van der Waals surface area contributed by atoms with Gasteiger partial charge in [-0.1, -0.05) is 83.9 Å². The molecule has 1 saturated heterocycles. The summed E-state index contributed by atoms with van der Waals surface area (Å²) in [4.78, 5) is 36.6. The molecule has 1 saturated carbocycles. The van der Waals surface area contributed by atoms with Crippen molar-refractivity contribution in [3.05, 3.63) is 117 Å². The molecule has 1 aliphatic carbocycles. The van der Waals surface area contributed by atoms with Gasteiger partial charge >= 0.3 is 12.1 Å². The van der Waals surface area contributed by atoms with Crippen molar-refractivity contribution >= 4 is 29.4 Å². The zero-order valence-corrected chi connectivity index (χ0v) is 28.6. The molecule has 11 heteroatoms. The molecule has 0 aromatic heterocycles. The summed E-state index contributed by atoms with van der Waals surface area (Å²) in [5, 5.41) is 14.7. The smallest absolute Gasteiger partial charge is 0.475 e. The number of aliphatic carboxylic acids is 1. The molecule has 3 aliphatic rings. The molecule has 3 aromatic carbocycles. The van der Waals surface area contributed by atoms with Gasteiger partial charge in [0.05, 0.1) is 6.04 Å². The Kier molecular flexibility index (Phi) is 12.8. The predicted octanol–water partition coefficient (Wildman–Crippen LogP) is 7.51. The van der Waals surface area contributed by atoms with Crippen LogP contribution in [0.15, 0.2) is 84.4 Å². The van der Waals surface area contributed by atoms with Crippen LogP contribution in [0.4, 0.5) is 13.2 Å². The number of carboxylic acid groups (broad SMARTS) is 1. The first-order valence-corrected chi connectivity index (χ1v) is 17.5. The number of fused-ring (bicyclic) bond motifs is 1. The van der Waals surface area contributed by atoms with Crippen molar-refractivity contribution in [3.8, 4) is 0 Å². The summed E-state index contributed by atoms with van der Waals surface area (Å²) in [6.45, 7) is 2.34. The molecular formula is C39H43ClF3N3O4. The fourth-order valence-corrected chi connectivity index (χ4v) is 7.13. The van der Waals surface area contributed by atoms with Crippen molar-refractivity contribution in [2.75, 3.05) is 6.54 Å². The monoisotopic (exact) mass is 709 g/mol. The van der Waals surface area contributed by atoms with E-state index in [4.69, 9.17) is 21.5 Å². The van der Waals surface area contributed by atoms with Gasteiger partial charge in [-0.15, -0.1) is 0 Å². The lowest BCUT2D eigenvalue weighted by molar-refractivity contribution is -0.192. The first-order valence-electron chi connectivity index (χ1n) is 17.1. The molecule has 2 amide bonds. The van der Waals surface area contributed by atoms with Crippen molar-refractivity contribution in [1.82, 2.24) is 15.5 Å². The molecule has 6 rings (SSSR count). The van der Waals surface area contributed by atoms with Crippen molar-refractivity contribution in [2.24, 2.45) is 0 Å². The van der Waals surface area contributed by atoms with E-state index in [0.717, 1.165) is 69.6 Å². The third kappa shape index (κ3) is 10.4. The lowest BCUT2D eigenvalue weighted by Gasteiger charge is -2.29. The minimum Gasteiger partial charge on any atom is -0.475 e. The van der Waals surface area contributed by atoms with Gasteiger partial charge in [0.25, 0.3) is 0 Å². The molecule has 0 bridgehead atoms. The van der Waals surface area contributed by atoms with Crippen molar-refractivity contribution in [2.45, 2.75) is 95.1 Å². The zero-order valence-electron chi connectivity index (χ0n) is 27.9. The Bertz CT molecular complexity index is 1670. The molecule has 7 nitrogen and oxygen atoms in total. The van der Waals surface area contributed by atoms with Crippen LogP contribution in [0.2, 0.25) is 5.02 Å². The molecule has 2 atom stereocenters.